The summed E-state index contributed by atoms with van der Waals surface area (Å²) in [5, 5.41) is 11.9. The maximum absolute atomic E-state index is 11.9. The lowest BCUT2D eigenvalue weighted by molar-refractivity contribution is 0.145. The fourth-order valence-electron chi connectivity index (χ4n) is 3.68. The lowest BCUT2D eigenvalue weighted by Gasteiger charge is -2.35. The molecule has 0 aliphatic heterocycles. The molecule has 1 aliphatic carbocycles. The number of aliphatic hydroxyl groups is 1. The largest absolute Gasteiger partial charge is 0.374 e. The fourth-order valence-corrected chi connectivity index (χ4v) is 4.09. The summed E-state index contributed by atoms with van der Waals surface area (Å²) in [5.41, 5.74) is 2.81. The van der Waals surface area contributed by atoms with Gasteiger partial charge in [-0.2, -0.15) is 0 Å². The van der Waals surface area contributed by atoms with E-state index in [4.69, 9.17) is 12.2 Å². The number of unbranched alkanes of at least 4 members (excludes halogenated alkanes) is 2. The summed E-state index contributed by atoms with van der Waals surface area (Å²) in [7, 11) is 0. The predicted octanol–water partition coefficient (Wildman–Crippen LogP) is 5.13. The summed E-state index contributed by atoms with van der Waals surface area (Å²) in [6.45, 7) is 6.19. The normalized spacial score (nSPS) is 14.0. The summed E-state index contributed by atoms with van der Waals surface area (Å²) >= 11 is 5.90. The first-order valence-corrected chi connectivity index (χ1v) is 9.76. The van der Waals surface area contributed by atoms with Gasteiger partial charge >= 0.3 is 0 Å². The molecule has 1 N–H and O–H groups in total. The maximum Gasteiger partial charge on any atom is 0.166 e. The molecule has 0 fully saturated rings. The van der Waals surface area contributed by atoms with Gasteiger partial charge in [-0.25, -0.2) is 0 Å². The van der Waals surface area contributed by atoms with Crippen LogP contribution in [0.5, 0.6) is 0 Å². The molecule has 2 aromatic rings. The monoisotopic (exact) mass is 353 g/mol. The smallest absolute Gasteiger partial charge is 0.166 e. The molecule has 0 amide bonds. The minimum atomic E-state index is -1.20. The van der Waals surface area contributed by atoms with Gasteiger partial charge in [0.25, 0.3) is 0 Å². The molecule has 0 atom stereocenters. The first-order chi connectivity index (χ1) is 12.1. The van der Waals surface area contributed by atoms with Crippen LogP contribution in [-0.2, 0) is 5.60 Å². The van der Waals surface area contributed by atoms with Crippen molar-refractivity contribution in [3.05, 3.63) is 59.7 Å². The van der Waals surface area contributed by atoms with Crippen molar-refractivity contribution in [1.82, 2.24) is 4.90 Å². The minimum Gasteiger partial charge on any atom is -0.374 e. The third-order valence-electron chi connectivity index (χ3n) is 5.08. The fraction of sp³-hybridized carbons (Fsp3) is 0.409. The van der Waals surface area contributed by atoms with Gasteiger partial charge in [0.2, 0.25) is 0 Å². The van der Waals surface area contributed by atoms with Crippen molar-refractivity contribution in [3.63, 3.8) is 0 Å². The Hall–Kier alpha value is -1.71. The first-order valence-electron chi connectivity index (χ1n) is 9.35. The van der Waals surface area contributed by atoms with Gasteiger partial charge in [-0.15, -0.1) is 0 Å². The van der Waals surface area contributed by atoms with E-state index >= 15 is 0 Å². The number of nitrogens with zero attached hydrogens (tertiary/aromatic N) is 1. The SMILES string of the molecule is CCCCN(CCCC)C(=S)C1(O)c2ccccc2-c2ccccc21. The zero-order chi connectivity index (χ0) is 17.9. The second-order valence-corrected chi connectivity index (χ2v) is 7.19. The Morgan fingerprint density at radius 1 is 0.880 bits per heavy atom. The van der Waals surface area contributed by atoms with Crippen LogP contribution >= 0.6 is 12.2 Å². The van der Waals surface area contributed by atoms with Crippen LogP contribution in [0.4, 0.5) is 0 Å². The second-order valence-electron chi connectivity index (χ2n) is 6.80. The summed E-state index contributed by atoms with van der Waals surface area (Å²) in [6.07, 6.45) is 4.42. The van der Waals surface area contributed by atoms with Gasteiger partial charge in [0.05, 0.1) is 0 Å². The van der Waals surface area contributed by atoms with Gasteiger partial charge < -0.3 is 10.0 Å². The van der Waals surface area contributed by atoms with Crippen LogP contribution in [-0.4, -0.2) is 28.1 Å². The van der Waals surface area contributed by atoms with Crippen LogP contribution in [0.1, 0.15) is 50.7 Å². The topological polar surface area (TPSA) is 23.5 Å². The Morgan fingerprint density at radius 2 is 1.32 bits per heavy atom. The van der Waals surface area contributed by atoms with E-state index in [0.29, 0.717) is 4.99 Å². The second kappa shape index (κ2) is 7.67. The van der Waals surface area contributed by atoms with Crippen LogP contribution in [0.15, 0.2) is 48.5 Å². The molecular weight excluding hydrogens is 326 g/mol. The number of fused-ring (bicyclic) bond motifs is 3. The molecule has 0 spiro atoms. The lowest BCUT2D eigenvalue weighted by atomic mass is 9.90. The Morgan fingerprint density at radius 3 is 1.76 bits per heavy atom. The summed E-state index contributed by atoms with van der Waals surface area (Å²) < 4.78 is 0. The number of thiocarbonyl (C=S) groups is 1. The molecule has 2 nitrogen and oxygen atoms in total. The minimum absolute atomic E-state index is 0.645. The van der Waals surface area contributed by atoms with Crippen LogP contribution in [0.2, 0.25) is 0 Å². The Balaban J connectivity index is 2.05. The van der Waals surface area contributed by atoms with Crippen molar-refractivity contribution in [2.45, 2.75) is 45.1 Å². The van der Waals surface area contributed by atoms with Gasteiger partial charge in [0.1, 0.15) is 4.99 Å². The van der Waals surface area contributed by atoms with Gasteiger partial charge in [0.15, 0.2) is 5.60 Å². The van der Waals surface area contributed by atoms with Crippen molar-refractivity contribution in [2.24, 2.45) is 0 Å². The molecule has 132 valence electrons. The molecule has 0 saturated carbocycles. The number of benzene rings is 2. The van der Waals surface area contributed by atoms with Crippen molar-refractivity contribution >= 4 is 17.2 Å². The van der Waals surface area contributed by atoms with Crippen molar-refractivity contribution in [2.75, 3.05) is 13.1 Å². The van der Waals surface area contributed by atoms with Gasteiger partial charge in [-0.1, -0.05) is 87.4 Å². The van der Waals surface area contributed by atoms with Gasteiger partial charge in [-0.3, -0.25) is 0 Å². The van der Waals surface area contributed by atoms with Crippen LogP contribution in [0.3, 0.4) is 0 Å². The lowest BCUT2D eigenvalue weighted by Crippen LogP contribution is -2.46. The Bertz CT molecular complexity index is 702. The molecule has 3 rings (SSSR count). The highest BCUT2D eigenvalue weighted by atomic mass is 32.1. The van der Waals surface area contributed by atoms with Crippen LogP contribution in [0.25, 0.3) is 11.1 Å². The van der Waals surface area contributed by atoms with Gasteiger partial charge in [-0.05, 0) is 24.0 Å². The van der Waals surface area contributed by atoms with E-state index < -0.39 is 5.60 Å². The van der Waals surface area contributed by atoms with Crippen molar-refractivity contribution in [3.8, 4) is 11.1 Å². The molecule has 0 aromatic heterocycles. The Kier molecular flexibility index (Phi) is 5.55. The van der Waals surface area contributed by atoms with E-state index in [1.54, 1.807) is 0 Å². The quantitative estimate of drug-likeness (QED) is 0.698. The molecule has 0 heterocycles. The van der Waals surface area contributed by atoms with E-state index in [1.165, 1.54) is 0 Å². The van der Waals surface area contributed by atoms with E-state index in [2.05, 4.69) is 30.9 Å². The average Bonchev–Trinajstić information content (AvgIpc) is 2.92. The van der Waals surface area contributed by atoms with E-state index in [0.717, 1.165) is 61.0 Å². The third kappa shape index (κ3) is 3.11. The van der Waals surface area contributed by atoms with E-state index in [-0.39, 0.29) is 0 Å². The molecule has 3 heteroatoms. The summed E-state index contributed by atoms with van der Waals surface area (Å²) in [5.74, 6) is 0. The molecule has 0 radical (unpaired) electrons. The van der Waals surface area contributed by atoms with Crippen molar-refractivity contribution < 1.29 is 5.11 Å². The number of hydrogen-bond acceptors (Lipinski definition) is 2. The molecule has 0 unspecified atom stereocenters. The van der Waals surface area contributed by atoms with E-state index in [1.807, 2.05) is 36.4 Å². The highest BCUT2D eigenvalue weighted by molar-refractivity contribution is 7.80. The maximum atomic E-state index is 11.9. The molecular formula is C22H27NOS. The average molecular weight is 354 g/mol. The number of rotatable bonds is 7. The standard InChI is InChI=1S/C22H27NOS/c1-3-5-15-23(16-6-4-2)21(25)22(24)19-13-9-7-11-17(19)18-12-8-10-14-20(18)22/h7-14,24H,3-6,15-16H2,1-2H3. The molecule has 2 aromatic carbocycles. The van der Waals surface area contributed by atoms with E-state index in [9.17, 15) is 5.11 Å². The highest BCUT2D eigenvalue weighted by Crippen LogP contribution is 2.48. The molecule has 0 bridgehead atoms. The summed E-state index contributed by atoms with van der Waals surface area (Å²) in [6, 6.07) is 16.2. The predicted molar refractivity (Wildman–Crippen MR) is 109 cm³/mol. The number of hydrogen-bond donors (Lipinski definition) is 1. The zero-order valence-corrected chi connectivity index (χ0v) is 16.0. The van der Waals surface area contributed by atoms with Crippen LogP contribution in [0, 0.1) is 0 Å². The van der Waals surface area contributed by atoms with Crippen LogP contribution < -0.4 is 0 Å². The molecule has 25 heavy (non-hydrogen) atoms. The first kappa shape index (κ1) is 18.1. The zero-order valence-electron chi connectivity index (χ0n) is 15.2. The Labute approximate surface area is 156 Å². The highest BCUT2D eigenvalue weighted by Gasteiger charge is 2.46. The summed E-state index contributed by atoms with van der Waals surface area (Å²) in [4.78, 5) is 2.87. The molecule has 0 saturated heterocycles. The van der Waals surface area contributed by atoms with Crippen molar-refractivity contribution in [1.29, 1.82) is 0 Å². The van der Waals surface area contributed by atoms with Gasteiger partial charge in [0, 0.05) is 24.2 Å². The third-order valence-corrected chi connectivity index (χ3v) is 5.64. The molecule has 1 aliphatic rings.